The van der Waals surface area contributed by atoms with Crippen LogP contribution in [0.5, 0.6) is 0 Å². The summed E-state index contributed by atoms with van der Waals surface area (Å²) in [5.41, 5.74) is 1.24. The number of nitrogens with one attached hydrogen (secondary N) is 1. The number of nitrogens with zero attached hydrogens (tertiary/aromatic N) is 1. The molecular weight excluding hydrogens is 367 g/mol. The number of benzene rings is 1. The first-order valence-corrected chi connectivity index (χ1v) is 9.22. The Morgan fingerprint density at radius 1 is 1.12 bits per heavy atom. The lowest BCUT2D eigenvalue weighted by Crippen LogP contribution is -2.41. The summed E-state index contributed by atoms with van der Waals surface area (Å²) >= 11 is 13.1. The first-order valence-electron chi connectivity index (χ1n) is 7.64. The number of para-hydroxylation sites is 1. The standard InChI is InChI=1S/C17H16Cl2N2O2S/c18-14-10-13(15(19)24-14)17(23)21-8-6-11(7-9-21)16(22)20-12-4-2-1-3-5-12/h1-5,10-11H,6-9H2,(H,20,22). The van der Waals surface area contributed by atoms with Crippen LogP contribution in [0.4, 0.5) is 5.69 Å². The van der Waals surface area contributed by atoms with Gasteiger partial charge in [-0.25, -0.2) is 0 Å². The minimum absolute atomic E-state index is 0.00455. The summed E-state index contributed by atoms with van der Waals surface area (Å²) in [6.07, 6.45) is 1.28. The zero-order valence-electron chi connectivity index (χ0n) is 12.8. The van der Waals surface area contributed by atoms with Crippen LogP contribution in [-0.2, 0) is 4.79 Å². The van der Waals surface area contributed by atoms with Crippen LogP contribution in [0.15, 0.2) is 36.4 Å². The van der Waals surface area contributed by atoms with Crippen molar-refractivity contribution in [3.8, 4) is 0 Å². The van der Waals surface area contributed by atoms with Crippen LogP contribution in [0.3, 0.4) is 0 Å². The van der Waals surface area contributed by atoms with Gasteiger partial charge in [0.05, 0.1) is 9.90 Å². The number of amides is 2. The van der Waals surface area contributed by atoms with Gasteiger partial charge in [0.2, 0.25) is 5.91 Å². The number of carbonyl (C=O) groups excluding carboxylic acids is 2. The lowest BCUT2D eigenvalue weighted by molar-refractivity contribution is -0.121. The maximum Gasteiger partial charge on any atom is 0.256 e. The van der Waals surface area contributed by atoms with Gasteiger partial charge in [-0.2, -0.15) is 0 Å². The second-order valence-electron chi connectivity index (χ2n) is 5.66. The summed E-state index contributed by atoms with van der Waals surface area (Å²) in [6, 6.07) is 11.0. The van der Waals surface area contributed by atoms with Crippen molar-refractivity contribution >= 4 is 52.0 Å². The van der Waals surface area contributed by atoms with Crippen molar-refractivity contribution in [2.45, 2.75) is 12.8 Å². The van der Waals surface area contributed by atoms with Gasteiger partial charge < -0.3 is 10.2 Å². The molecule has 1 aliphatic rings. The van der Waals surface area contributed by atoms with E-state index < -0.39 is 0 Å². The molecule has 1 aliphatic heterocycles. The molecule has 1 N–H and O–H groups in total. The van der Waals surface area contributed by atoms with Gasteiger partial charge in [-0.05, 0) is 31.0 Å². The number of hydrogen-bond acceptors (Lipinski definition) is 3. The van der Waals surface area contributed by atoms with E-state index in [0.29, 0.717) is 40.2 Å². The maximum atomic E-state index is 12.5. The van der Waals surface area contributed by atoms with Gasteiger partial charge in [-0.1, -0.05) is 41.4 Å². The number of halogens is 2. The first kappa shape index (κ1) is 17.3. The number of thiophene rings is 1. The van der Waals surface area contributed by atoms with E-state index in [9.17, 15) is 9.59 Å². The van der Waals surface area contributed by atoms with Crippen LogP contribution >= 0.6 is 34.5 Å². The molecule has 7 heteroatoms. The molecule has 126 valence electrons. The van der Waals surface area contributed by atoms with Crippen LogP contribution in [-0.4, -0.2) is 29.8 Å². The molecule has 2 amide bonds. The summed E-state index contributed by atoms with van der Waals surface area (Å²) in [5.74, 6) is -0.203. The lowest BCUT2D eigenvalue weighted by atomic mass is 9.95. The van der Waals surface area contributed by atoms with Crippen molar-refractivity contribution in [2.24, 2.45) is 5.92 Å². The monoisotopic (exact) mass is 382 g/mol. The molecule has 1 fully saturated rings. The molecule has 2 heterocycles. The Morgan fingerprint density at radius 2 is 1.79 bits per heavy atom. The Kier molecular flexibility index (Phi) is 5.43. The second kappa shape index (κ2) is 7.55. The molecule has 0 unspecified atom stereocenters. The highest BCUT2D eigenvalue weighted by atomic mass is 35.5. The van der Waals surface area contributed by atoms with E-state index in [1.807, 2.05) is 30.3 Å². The highest BCUT2D eigenvalue weighted by Crippen LogP contribution is 2.32. The lowest BCUT2D eigenvalue weighted by Gasteiger charge is -2.31. The molecule has 2 aromatic rings. The maximum absolute atomic E-state index is 12.5. The van der Waals surface area contributed by atoms with E-state index in [4.69, 9.17) is 23.2 Å². The molecular formula is C17H16Cl2N2O2S. The van der Waals surface area contributed by atoms with Crippen molar-refractivity contribution in [2.75, 3.05) is 18.4 Å². The van der Waals surface area contributed by atoms with E-state index in [0.717, 1.165) is 5.69 Å². The van der Waals surface area contributed by atoms with E-state index in [1.54, 1.807) is 11.0 Å². The molecule has 1 saturated heterocycles. The molecule has 0 bridgehead atoms. The van der Waals surface area contributed by atoms with Crippen molar-refractivity contribution in [1.29, 1.82) is 0 Å². The Hall–Kier alpha value is -1.56. The number of hydrogen-bond donors (Lipinski definition) is 1. The molecule has 0 spiro atoms. The normalized spacial score (nSPS) is 15.3. The van der Waals surface area contributed by atoms with E-state index in [2.05, 4.69) is 5.32 Å². The predicted molar refractivity (Wildman–Crippen MR) is 98.0 cm³/mol. The van der Waals surface area contributed by atoms with E-state index in [1.165, 1.54) is 11.3 Å². The zero-order chi connectivity index (χ0) is 17.1. The molecule has 0 saturated carbocycles. The van der Waals surface area contributed by atoms with Gasteiger partial charge in [0.15, 0.2) is 0 Å². The summed E-state index contributed by atoms with van der Waals surface area (Å²) in [5, 5.41) is 2.92. The average Bonchev–Trinajstić information content (AvgIpc) is 2.93. The highest BCUT2D eigenvalue weighted by Gasteiger charge is 2.29. The van der Waals surface area contributed by atoms with Crippen LogP contribution in [0.25, 0.3) is 0 Å². The van der Waals surface area contributed by atoms with E-state index in [-0.39, 0.29) is 17.7 Å². The Morgan fingerprint density at radius 3 is 2.38 bits per heavy atom. The molecule has 1 aromatic heterocycles. The topological polar surface area (TPSA) is 49.4 Å². The Labute approximate surface area is 154 Å². The van der Waals surface area contributed by atoms with Gasteiger partial charge in [-0.3, -0.25) is 9.59 Å². The fourth-order valence-corrected chi connectivity index (χ4v) is 4.21. The van der Waals surface area contributed by atoms with Crippen LogP contribution in [0, 0.1) is 5.92 Å². The number of rotatable bonds is 3. The SMILES string of the molecule is O=C(Nc1ccccc1)C1CCN(C(=O)c2cc(Cl)sc2Cl)CC1. The van der Waals surface area contributed by atoms with E-state index >= 15 is 0 Å². The van der Waals surface area contributed by atoms with Crippen molar-refractivity contribution in [1.82, 2.24) is 4.90 Å². The molecule has 1 aromatic carbocycles. The van der Waals surface area contributed by atoms with Crippen molar-refractivity contribution < 1.29 is 9.59 Å². The molecule has 0 atom stereocenters. The Balaban J connectivity index is 1.56. The van der Waals surface area contributed by atoms with Crippen molar-refractivity contribution in [3.63, 3.8) is 0 Å². The quantitative estimate of drug-likeness (QED) is 0.846. The van der Waals surface area contributed by atoms with Gasteiger partial charge in [0.1, 0.15) is 4.34 Å². The fraction of sp³-hybridized carbons (Fsp3) is 0.294. The smallest absolute Gasteiger partial charge is 0.256 e. The highest BCUT2D eigenvalue weighted by molar-refractivity contribution is 7.20. The number of likely N-dealkylation sites (tertiary alicyclic amines) is 1. The fourth-order valence-electron chi connectivity index (χ4n) is 2.77. The minimum atomic E-state index is -0.120. The number of anilines is 1. The van der Waals surface area contributed by atoms with Gasteiger partial charge in [-0.15, -0.1) is 11.3 Å². The Bertz CT molecular complexity index is 740. The largest absolute Gasteiger partial charge is 0.339 e. The third-order valence-corrected chi connectivity index (χ3v) is 5.57. The summed E-state index contributed by atoms with van der Waals surface area (Å²) in [7, 11) is 0. The summed E-state index contributed by atoms with van der Waals surface area (Å²) in [4.78, 5) is 26.5. The van der Waals surface area contributed by atoms with Crippen molar-refractivity contribution in [3.05, 3.63) is 50.6 Å². The summed E-state index contributed by atoms with van der Waals surface area (Å²) in [6.45, 7) is 1.07. The van der Waals surface area contributed by atoms with Gasteiger partial charge >= 0.3 is 0 Å². The summed E-state index contributed by atoms with van der Waals surface area (Å²) < 4.78 is 0.911. The molecule has 4 nitrogen and oxygen atoms in total. The molecule has 0 radical (unpaired) electrons. The number of carbonyl (C=O) groups is 2. The van der Waals surface area contributed by atoms with Gasteiger partial charge in [0.25, 0.3) is 5.91 Å². The van der Waals surface area contributed by atoms with Gasteiger partial charge in [0, 0.05) is 24.7 Å². The third-order valence-electron chi connectivity index (χ3n) is 4.08. The molecule has 24 heavy (non-hydrogen) atoms. The zero-order valence-corrected chi connectivity index (χ0v) is 15.1. The minimum Gasteiger partial charge on any atom is -0.339 e. The molecule has 0 aliphatic carbocycles. The number of piperidine rings is 1. The predicted octanol–water partition coefficient (Wildman–Crippen LogP) is 4.55. The third kappa shape index (κ3) is 3.91. The average molecular weight is 383 g/mol. The van der Waals surface area contributed by atoms with Crippen LogP contribution < -0.4 is 5.32 Å². The second-order valence-corrected chi connectivity index (χ2v) is 7.95. The van der Waals surface area contributed by atoms with Crippen LogP contribution in [0.2, 0.25) is 8.67 Å². The van der Waals surface area contributed by atoms with Crippen LogP contribution in [0.1, 0.15) is 23.2 Å². The molecule has 3 rings (SSSR count). The first-order chi connectivity index (χ1) is 11.5.